The van der Waals surface area contributed by atoms with Gasteiger partial charge >= 0.3 is 0 Å². The van der Waals surface area contributed by atoms with Crippen molar-refractivity contribution in [2.24, 2.45) is 5.92 Å². The van der Waals surface area contributed by atoms with Crippen LogP contribution in [0.2, 0.25) is 0 Å². The Morgan fingerprint density at radius 1 is 0.806 bits per heavy atom. The zero-order chi connectivity index (χ0) is 22.9. The minimum atomic E-state index is -0.486. The lowest BCUT2D eigenvalue weighted by Gasteiger charge is -2.36. The molecule has 0 N–H and O–H groups in total. The highest BCUT2D eigenvalue weighted by Crippen LogP contribution is 2.52. The van der Waals surface area contributed by atoms with Crippen LogP contribution in [0.1, 0.15) is 48.4 Å². The van der Waals surface area contributed by atoms with E-state index in [9.17, 15) is 0 Å². The second kappa shape index (κ2) is 9.92. The monoisotopic (exact) mass is 441 g/mol. The molecule has 4 heteroatoms. The van der Waals surface area contributed by atoms with Crippen molar-refractivity contribution in [3.05, 3.63) is 46.5 Å². The molecule has 0 amide bonds. The first-order chi connectivity index (χ1) is 14.7. The summed E-state index contributed by atoms with van der Waals surface area (Å²) in [6.07, 6.45) is 3.96. The van der Waals surface area contributed by atoms with Crippen molar-refractivity contribution < 1.29 is 9.47 Å². The fourth-order valence-electron chi connectivity index (χ4n) is 5.54. The van der Waals surface area contributed by atoms with Gasteiger partial charge in [0.05, 0.1) is 14.2 Å². The van der Waals surface area contributed by atoms with E-state index in [0.717, 1.165) is 11.5 Å². The summed E-state index contributed by atoms with van der Waals surface area (Å²) in [6.45, 7) is 11.1. The molecule has 1 fully saturated rings. The van der Waals surface area contributed by atoms with Crippen LogP contribution < -0.4 is 20.1 Å². The number of ether oxygens (including phenoxy) is 2. The second-order valence-electron chi connectivity index (χ2n) is 9.46. The molecule has 0 heterocycles. The number of hydrogen-bond acceptors (Lipinski definition) is 3. The summed E-state index contributed by atoms with van der Waals surface area (Å²) in [7, 11) is 7.52. The molecule has 2 aromatic carbocycles. The number of rotatable bonds is 7. The highest BCUT2D eigenvalue weighted by Gasteiger charge is 2.39. The number of benzene rings is 2. The summed E-state index contributed by atoms with van der Waals surface area (Å²) in [6, 6.07) is 10.1. The van der Waals surface area contributed by atoms with E-state index in [-0.39, 0.29) is 0 Å². The Hall–Kier alpha value is -1.57. The van der Waals surface area contributed by atoms with E-state index >= 15 is 0 Å². The maximum atomic E-state index is 5.69. The molecule has 0 aromatic heterocycles. The predicted molar refractivity (Wildman–Crippen MR) is 135 cm³/mol. The summed E-state index contributed by atoms with van der Waals surface area (Å²) >= 11 is 0. The van der Waals surface area contributed by atoms with Gasteiger partial charge in [0.2, 0.25) is 0 Å². The van der Waals surface area contributed by atoms with Crippen LogP contribution in [-0.2, 0) is 0 Å². The minimum absolute atomic E-state index is 0.486. The van der Waals surface area contributed by atoms with Gasteiger partial charge in [0.1, 0.15) is 11.5 Å². The zero-order valence-electron chi connectivity index (χ0n) is 20.9. The van der Waals surface area contributed by atoms with Crippen LogP contribution in [0.5, 0.6) is 11.5 Å². The summed E-state index contributed by atoms with van der Waals surface area (Å²) in [4.78, 5) is 2.41. The van der Waals surface area contributed by atoms with Gasteiger partial charge in [-0.3, -0.25) is 0 Å². The molecular weight excluding hydrogens is 401 g/mol. The average Bonchev–Trinajstić information content (AvgIpc) is 3.16. The van der Waals surface area contributed by atoms with E-state index in [1.807, 2.05) is 0 Å². The smallest absolute Gasteiger partial charge is 0.124 e. The van der Waals surface area contributed by atoms with Crippen molar-refractivity contribution in [1.82, 2.24) is 4.90 Å². The summed E-state index contributed by atoms with van der Waals surface area (Å²) < 4.78 is 11.4. The Kier molecular flexibility index (Phi) is 7.71. The third kappa shape index (κ3) is 4.78. The quantitative estimate of drug-likeness (QED) is 0.531. The summed E-state index contributed by atoms with van der Waals surface area (Å²) in [5, 5.41) is 2.97. The predicted octanol–water partition coefficient (Wildman–Crippen LogP) is 5.49. The Morgan fingerprint density at radius 3 is 1.58 bits per heavy atom. The van der Waals surface area contributed by atoms with Gasteiger partial charge in [-0.1, -0.05) is 6.42 Å². The largest absolute Gasteiger partial charge is 0.496 e. The lowest BCUT2D eigenvalue weighted by molar-refractivity contribution is 0.232. The number of nitrogens with zero attached hydrogens (tertiary/aromatic N) is 1. The van der Waals surface area contributed by atoms with Gasteiger partial charge in [0.15, 0.2) is 0 Å². The first-order valence-corrected chi connectivity index (χ1v) is 12.9. The van der Waals surface area contributed by atoms with Crippen LogP contribution in [-0.4, -0.2) is 44.9 Å². The van der Waals surface area contributed by atoms with Crippen molar-refractivity contribution in [1.29, 1.82) is 0 Å². The molecule has 1 aliphatic carbocycles. The van der Waals surface area contributed by atoms with Gasteiger partial charge < -0.3 is 14.4 Å². The molecule has 2 aromatic rings. The van der Waals surface area contributed by atoms with E-state index in [4.69, 9.17) is 9.47 Å². The molecule has 0 bridgehead atoms. The standard InChI is InChI=1S/C27H40NO2P/c1-17-13-22(14-18(2)26(17)29-8)31(23-15-19(3)27(30-9)20(4)16-23)25-12-10-11-24(25)21(5)28(6)7/h13-16,21,24-25H,10-12H2,1-9H3/t21-,24?,25?/m1/s1. The van der Waals surface area contributed by atoms with Gasteiger partial charge in [0.25, 0.3) is 0 Å². The van der Waals surface area contributed by atoms with Crippen LogP contribution in [0, 0.1) is 33.6 Å². The van der Waals surface area contributed by atoms with E-state index < -0.39 is 7.92 Å². The van der Waals surface area contributed by atoms with Crippen LogP contribution in [0.3, 0.4) is 0 Å². The summed E-state index contributed by atoms with van der Waals surface area (Å²) in [5.74, 6) is 2.75. The van der Waals surface area contributed by atoms with Crippen LogP contribution in [0.25, 0.3) is 0 Å². The lowest BCUT2D eigenvalue weighted by Crippen LogP contribution is -2.38. The molecule has 2 unspecified atom stereocenters. The molecule has 1 saturated carbocycles. The fraction of sp³-hybridized carbons (Fsp3) is 0.556. The van der Waals surface area contributed by atoms with Gasteiger partial charge in [0, 0.05) is 6.04 Å². The first-order valence-electron chi connectivity index (χ1n) is 11.5. The number of hydrogen-bond donors (Lipinski definition) is 0. The molecule has 3 nitrogen and oxygen atoms in total. The summed E-state index contributed by atoms with van der Waals surface area (Å²) in [5.41, 5.74) is 5.64. The first kappa shape index (κ1) is 24.1. The Bertz CT molecular complexity index is 818. The van der Waals surface area contributed by atoms with E-state index in [2.05, 4.69) is 77.9 Å². The third-order valence-electron chi connectivity index (χ3n) is 7.15. The molecule has 0 aliphatic heterocycles. The molecule has 0 radical (unpaired) electrons. The Labute approximate surface area is 190 Å². The van der Waals surface area contributed by atoms with Gasteiger partial charge in [-0.2, -0.15) is 0 Å². The Morgan fingerprint density at radius 2 is 1.23 bits per heavy atom. The molecular formula is C27H40NO2P. The average molecular weight is 442 g/mol. The molecule has 0 spiro atoms. The molecule has 170 valence electrons. The fourth-order valence-corrected chi connectivity index (χ4v) is 9.16. The van der Waals surface area contributed by atoms with Crippen molar-refractivity contribution >= 4 is 18.5 Å². The van der Waals surface area contributed by atoms with E-state index in [1.54, 1.807) is 14.2 Å². The van der Waals surface area contributed by atoms with E-state index in [0.29, 0.717) is 17.6 Å². The molecule has 3 atom stereocenters. The van der Waals surface area contributed by atoms with Crippen molar-refractivity contribution in [3.63, 3.8) is 0 Å². The van der Waals surface area contributed by atoms with E-state index in [1.165, 1.54) is 52.1 Å². The highest BCUT2D eigenvalue weighted by molar-refractivity contribution is 7.73. The van der Waals surface area contributed by atoms with Crippen LogP contribution in [0.15, 0.2) is 24.3 Å². The van der Waals surface area contributed by atoms with Crippen molar-refractivity contribution in [3.8, 4) is 11.5 Å². The van der Waals surface area contributed by atoms with Crippen molar-refractivity contribution in [2.75, 3.05) is 28.3 Å². The van der Waals surface area contributed by atoms with Gasteiger partial charge in [-0.05, 0) is 138 Å². The molecule has 31 heavy (non-hydrogen) atoms. The molecule has 0 saturated heterocycles. The van der Waals surface area contributed by atoms with Crippen LogP contribution >= 0.6 is 7.92 Å². The molecule has 3 rings (SSSR count). The Balaban J connectivity index is 2.18. The topological polar surface area (TPSA) is 21.7 Å². The van der Waals surface area contributed by atoms with Gasteiger partial charge in [-0.25, -0.2) is 0 Å². The minimum Gasteiger partial charge on any atom is -0.496 e. The number of methoxy groups -OCH3 is 2. The van der Waals surface area contributed by atoms with Gasteiger partial charge in [-0.15, -0.1) is 0 Å². The highest BCUT2D eigenvalue weighted by atomic mass is 31.1. The maximum Gasteiger partial charge on any atom is 0.124 e. The van der Waals surface area contributed by atoms with Crippen molar-refractivity contribution in [2.45, 2.75) is 65.6 Å². The number of aryl methyl sites for hydroxylation is 4. The second-order valence-corrected chi connectivity index (χ2v) is 11.9. The van der Waals surface area contributed by atoms with Crippen LogP contribution in [0.4, 0.5) is 0 Å². The maximum absolute atomic E-state index is 5.69. The zero-order valence-corrected chi connectivity index (χ0v) is 21.8. The third-order valence-corrected chi connectivity index (χ3v) is 10.1. The lowest BCUT2D eigenvalue weighted by atomic mass is 9.98. The molecule has 1 aliphatic rings. The normalized spacial score (nSPS) is 19.8. The SMILES string of the molecule is COc1c(C)cc(P(c2cc(C)c(OC)c(C)c2)C2CCCC2[C@@H](C)N(C)C)cc1C.